The monoisotopic (exact) mass is 546 g/mol. The Morgan fingerprint density at radius 2 is 1.71 bits per heavy atom. The van der Waals surface area contributed by atoms with E-state index in [4.69, 9.17) is 16.0 Å². The van der Waals surface area contributed by atoms with E-state index < -0.39 is 0 Å². The molecule has 2 aromatic carbocycles. The number of nitrogens with zero attached hydrogens (tertiary/aromatic N) is 5. The Morgan fingerprint density at radius 3 is 2.47 bits per heavy atom. The molecule has 0 aliphatic carbocycles. The minimum Gasteiger partial charge on any atom is -0.459 e. The third kappa shape index (κ3) is 4.68. The van der Waals surface area contributed by atoms with Crippen molar-refractivity contribution in [3.05, 3.63) is 83.9 Å². The zero-order valence-electron chi connectivity index (χ0n) is 20.2. The summed E-state index contributed by atoms with van der Waals surface area (Å²) in [5, 5.41) is 11.2. The number of benzene rings is 2. The highest BCUT2D eigenvalue weighted by Gasteiger charge is 2.27. The lowest BCUT2D eigenvalue weighted by Crippen LogP contribution is -2.51. The maximum absolute atomic E-state index is 13.1. The number of aromatic amines is 1. The first-order chi connectivity index (χ1) is 18.6. The van der Waals surface area contributed by atoms with Gasteiger partial charge in [-0.25, -0.2) is 0 Å². The predicted molar refractivity (Wildman–Crippen MR) is 146 cm³/mol. The molecule has 0 spiro atoms. The van der Waals surface area contributed by atoms with Crippen LogP contribution in [0.25, 0.3) is 28.0 Å². The van der Waals surface area contributed by atoms with Gasteiger partial charge in [0.2, 0.25) is 5.91 Å². The van der Waals surface area contributed by atoms with Crippen LogP contribution in [0.1, 0.15) is 10.6 Å². The fourth-order valence-electron chi connectivity index (χ4n) is 4.55. The van der Waals surface area contributed by atoms with Crippen LogP contribution in [0.15, 0.2) is 82.7 Å². The number of H-pyrrole nitrogens is 1. The summed E-state index contributed by atoms with van der Waals surface area (Å²) in [6, 6.07) is 18.8. The van der Waals surface area contributed by atoms with Crippen LogP contribution in [0.4, 0.5) is 0 Å². The van der Waals surface area contributed by atoms with E-state index >= 15 is 0 Å². The Morgan fingerprint density at radius 1 is 0.947 bits per heavy atom. The summed E-state index contributed by atoms with van der Waals surface area (Å²) in [6.07, 6.45) is 3.40. The molecule has 9 nitrogen and oxygen atoms in total. The van der Waals surface area contributed by atoms with Crippen molar-refractivity contribution in [1.29, 1.82) is 0 Å². The quantitative estimate of drug-likeness (QED) is 0.309. The van der Waals surface area contributed by atoms with Crippen LogP contribution in [0, 0.1) is 0 Å². The van der Waals surface area contributed by atoms with Gasteiger partial charge in [-0.05, 0) is 42.5 Å². The predicted octanol–water partition coefficient (Wildman–Crippen LogP) is 4.74. The van der Waals surface area contributed by atoms with Crippen molar-refractivity contribution in [3.8, 4) is 17.1 Å². The highest BCUT2D eigenvalue weighted by atomic mass is 35.5. The van der Waals surface area contributed by atoms with E-state index in [1.165, 1.54) is 18.0 Å². The Labute approximate surface area is 227 Å². The number of rotatable bonds is 6. The number of hydrogen-bond donors (Lipinski definition) is 1. The molecule has 2 amide bonds. The standard InChI is InChI=1S/C27H23ClN6O3S/c28-18-7-9-19(10-8-18)34-25(21-16-29-22-5-2-1-4-20(21)22)30-31-27(34)38-17-24(35)32-11-13-33(14-12-32)26(36)23-6-3-15-37-23/h1-10,15-16,29H,11-14,17H2. The van der Waals surface area contributed by atoms with Gasteiger partial charge in [-0.2, -0.15) is 0 Å². The fraction of sp³-hybridized carbons (Fsp3) is 0.185. The van der Waals surface area contributed by atoms with Crippen molar-refractivity contribution in [2.24, 2.45) is 0 Å². The first-order valence-electron chi connectivity index (χ1n) is 12.1. The van der Waals surface area contributed by atoms with Gasteiger partial charge in [0.15, 0.2) is 16.7 Å². The Hall–Kier alpha value is -4.02. The van der Waals surface area contributed by atoms with Gasteiger partial charge in [0, 0.05) is 59.6 Å². The van der Waals surface area contributed by atoms with Crippen molar-refractivity contribution in [2.45, 2.75) is 5.16 Å². The zero-order valence-corrected chi connectivity index (χ0v) is 21.8. The highest BCUT2D eigenvalue weighted by molar-refractivity contribution is 7.99. The third-order valence-electron chi connectivity index (χ3n) is 6.52. The molecule has 0 bridgehead atoms. The molecule has 192 valence electrons. The smallest absolute Gasteiger partial charge is 0.289 e. The average Bonchev–Trinajstić information content (AvgIpc) is 3.72. The highest BCUT2D eigenvalue weighted by Crippen LogP contribution is 2.33. The number of halogens is 1. The summed E-state index contributed by atoms with van der Waals surface area (Å²) >= 11 is 7.48. The summed E-state index contributed by atoms with van der Waals surface area (Å²) in [5.74, 6) is 1.01. The molecule has 0 atom stereocenters. The molecule has 1 aliphatic rings. The number of fused-ring (bicyclic) bond motifs is 1. The van der Waals surface area contributed by atoms with Gasteiger partial charge in [-0.1, -0.05) is 41.6 Å². The van der Waals surface area contributed by atoms with Crippen molar-refractivity contribution in [3.63, 3.8) is 0 Å². The molecule has 1 N–H and O–H groups in total. The number of hydrogen-bond acceptors (Lipinski definition) is 6. The molecular weight excluding hydrogens is 524 g/mol. The number of furan rings is 1. The van der Waals surface area contributed by atoms with Crippen LogP contribution in [-0.2, 0) is 4.79 Å². The maximum atomic E-state index is 13.1. The van der Waals surface area contributed by atoms with Crippen molar-refractivity contribution in [1.82, 2.24) is 29.5 Å². The van der Waals surface area contributed by atoms with Gasteiger partial charge in [0.25, 0.3) is 5.91 Å². The van der Waals surface area contributed by atoms with Crippen LogP contribution in [-0.4, -0.2) is 73.3 Å². The summed E-state index contributed by atoms with van der Waals surface area (Å²) < 4.78 is 7.17. The Bertz CT molecular complexity index is 1590. The average molecular weight is 547 g/mol. The van der Waals surface area contributed by atoms with Crippen LogP contribution < -0.4 is 0 Å². The largest absolute Gasteiger partial charge is 0.459 e. The molecule has 0 radical (unpaired) electrons. The first kappa shape index (κ1) is 24.3. The van der Waals surface area contributed by atoms with Gasteiger partial charge in [-0.3, -0.25) is 14.2 Å². The first-order valence-corrected chi connectivity index (χ1v) is 13.5. The number of amides is 2. The van der Waals surface area contributed by atoms with Crippen molar-refractivity contribution < 1.29 is 14.0 Å². The molecular formula is C27H23ClN6O3S. The molecule has 1 saturated heterocycles. The topological polar surface area (TPSA) is 100 Å². The summed E-state index contributed by atoms with van der Waals surface area (Å²) in [5.41, 5.74) is 2.76. The lowest BCUT2D eigenvalue weighted by atomic mass is 10.1. The molecule has 6 rings (SSSR count). The minimum atomic E-state index is -0.155. The molecule has 5 aromatic rings. The molecule has 11 heteroatoms. The van der Waals surface area contributed by atoms with Gasteiger partial charge < -0.3 is 19.2 Å². The number of thioether (sulfide) groups is 1. The van der Waals surface area contributed by atoms with E-state index in [-0.39, 0.29) is 17.6 Å². The van der Waals surface area contributed by atoms with Crippen LogP contribution >= 0.6 is 23.4 Å². The van der Waals surface area contributed by atoms with E-state index in [0.29, 0.717) is 47.9 Å². The number of nitrogens with one attached hydrogen (secondary N) is 1. The molecule has 3 aromatic heterocycles. The molecule has 1 aliphatic heterocycles. The second kappa shape index (κ2) is 10.4. The van der Waals surface area contributed by atoms with Crippen molar-refractivity contribution in [2.75, 3.05) is 31.9 Å². The van der Waals surface area contributed by atoms with Gasteiger partial charge >= 0.3 is 0 Å². The third-order valence-corrected chi connectivity index (χ3v) is 7.69. The second-order valence-electron chi connectivity index (χ2n) is 8.80. The number of para-hydroxylation sites is 1. The summed E-state index contributed by atoms with van der Waals surface area (Å²) in [6.45, 7) is 1.86. The lowest BCUT2D eigenvalue weighted by molar-refractivity contribution is -0.129. The van der Waals surface area contributed by atoms with Crippen LogP contribution in [0.5, 0.6) is 0 Å². The number of carbonyl (C=O) groups excluding carboxylic acids is 2. The fourth-order valence-corrected chi connectivity index (χ4v) is 5.53. The van der Waals surface area contributed by atoms with E-state index in [1.807, 2.05) is 59.3 Å². The number of aromatic nitrogens is 4. The van der Waals surface area contributed by atoms with Crippen molar-refractivity contribution >= 4 is 46.1 Å². The van der Waals surface area contributed by atoms with Gasteiger partial charge in [-0.15, -0.1) is 10.2 Å². The Kier molecular flexibility index (Phi) is 6.65. The molecule has 1 fully saturated rings. The van der Waals surface area contributed by atoms with E-state index in [1.54, 1.807) is 21.9 Å². The van der Waals surface area contributed by atoms with Crippen LogP contribution in [0.2, 0.25) is 5.02 Å². The van der Waals surface area contributed by atoms with Gasteiger partial charge in [0.1, 0.15) is 0 Å². The Balaban J connectivity index is 1.20. The number of piperazine rings is 1. The van der Waals surface area contributed by atoms with E-state index in [9.17, 15) is 9.59 Å². The normalized spacial score (nSPS) is 13.8. The lowest BCUT2D eigenvalue weighted by Gasteiger charge is -2.34. The van der Waals surface area contributed by atoms with Gasteiger partial charge in [0.05, 0.1) is 12.0 Å². The molecule has 0 unspecified atom stereocenters. The minimum absolute atomic E-state index is 0.0144. The van der Waals surface area contributed by atoms with Crippen LogP contribution in [0.3, 0.4) is 0 Å². The maximum Gasteiger partial charge on any atom is 0.289 e. The second-order valence-corrected chi connectivity index (χ2v) is 10.2. The molecule has 38 heavy (non-hydrogen) atoms. The van der Waals surface area contributed by atoms with E-state index in [2.05, 4.69) is 15.2 Å². The molecule has 0 saturated carbocycles. The SMILES string of the molecule is O=C(CSc1nnc(-c2c[nH]c3ccccc23)n1-c1ccc(Cl)cc1)N1CCN(C(=O)c2ccco2)CC1. The zero-order chi connectivity index (χ0) is 26.1. The molecule has 4 heterocycles. The van der Waals surface area contributed by atoms with E-state index in [0.717, 1.165) is 22.2 Å². The summed E-state index contributed by atoms with van der Waals surface area (Å²) in [7, 11) is 0. The summed E-state index contributed by atoms with van der Waals surface area (Å²) in [4.78, 5) is 32.4. The number of carbonyl (C=O) groups is 2.